The van der Waals surface area contributed by atoms with E-state index >= 15 is 0 Å². The van der Waals surface area contributed by atoms with Gasteiger partial charge in [-0.3, -0.25) is 4.57 Å². The molecule has 0 saturated carbocycles. The van der Waals surface area contributed by atoms with Gasteiger partial charge in [-0.1, -0.05) is 158 Å². The first-order valence-electron chi connectivity index (χ1n) is 27.9. The summed E-state index contributed by atoms with van der Waals surface area (Å²) in [7, 11) is 0. The quantitative estimate of drug-likeness (QED) is 0.159. The second-order valence-corrected chi connectivity index (χ2v) is 22.6. The highest BCUT2D eigenvalue weighted by molar-refractivity contribution is 7.25. The molecule has 0 N–H and O–H groups in total. The molecular formula is C75H43N5O2S. The summed E-state index contributed by atoms with van der Waals surface area (Å²) in [4.78, 5) is 16.2. The van der Waals surface area contributed by atoms with E-state index in [9.17, 15) is 0 Å². The zero-order valence-corrected chi connectivity index (χ0v) is 45.1. The summed E-state index contributed by atoms with van der Waals surface area (Å²) in [5, 5.41) is 11.2. The van der Waals surface area contributed by atoms with Crippen LogP contribution in [-0.4, -0.2) is 24.1 Å². The Labute approximate surface area is 477 Å². The monoisotopic (exact) mass is 1080 g/mol. The summed E-state index contributed by atoms with van der Waals surface area (Å²) in [6.07, 6.45) is 0. The molecule has 0 spiro atoms. The van der Waals surface area contributed by atoms with Crippen LogP contribution in [0.1, 0.15) is 0 Å². The first-order chi connectivity index (χ1) is 41.1. The summed E-state index contributed by atoms with van der Waals surface area (Å²) in [6.45, 7) is 0. The van der Waals surface area contributed by atoms with E-state index in [1.54, 1.807) is 0 Å². The Hall–Kier alpha value is -10.9. The highest BCUT2D eigenvalue weighted by Crippen LogP contribution is 2.44. The van der Waals surface area contributed by atoms with E-state index in [1.165, 1.54) is 53.1 Å². The maximum atomic E-state index is 6.70. The van der Waals surface area contributed by atoms with Gasteiger partial charge in [0.1, 0.15) is 22.3 Å². The molecule has 0 fully saturated rings. The first-order valence-corrected chi connectivity index (χ1v) is 28.7. The largest absolute Gasteiger partial charge is 0.456 e. The molecule has 386 valence electrons. The number of fused-ring (bicyclic) bond motifs is 15. The molecule has 18 aromatic rings. The minimum Gasteiger partial charge on any atom is -0.456 e. The lowest BCUT2D eigenvalue weighted by Crippen LogP contribution is -2.06. The minimum absolute atomic E-state index is 0.510. The van der Waals surface area contributed by atoms with Gasteiger partial charge in [-0.25, -0.2) is 4.98 Å². The molecule has 0 amide bonds. The summed E-state index contributed by atoms with van der Waals surface area (Å²) in [5.41, 5.74) is 17.3. The van der Waals surface area contributed by atoms with Crippen LogP contribution >= 0.6 is 11.3 Å². The number of nitrogens with zero attached hydrogens (tertiary/aromatic N) is 5. The van der Waals surface area contributed by atoms with Crippen molar-refractivity contribution in [2.45, 2.75) is 0 Å². The third-order valence-electron chi connectivity index (χ3n) is 16.8. The first kappa shape index (κ1) is 45.9. The van der Waals surface area contributed by atoms with Crippen molar-refractivity contribution in [1.29, 1.82) is 0 Å². The van der Waals surface area contributed by atoms with Crippen LogP contribution in [0.25, 0.3) is 175 Å². The van der Waals surface area contributed by atoms with Crippen LogP contribution in [0.15, 0.2) is 270 Å². The van der Waals surface area contributed by atoms with Gasteiger partial charge >= 0.3 is 0 Å². The fourth-order valence-electron chi connectivity index (χ4n) is 12.9. The van der Waals surface area contributed by atoms with Crippen molar-refractivity contribution in [1.82, 2.24) is 24.1 Å². The van der Waals surface area contributed by atoms with Gasteiger partial charge in [0.15, 0.2) is 11.6 Å². The summed E-state index contributed by atoms with van der Waals surface area (Å²) in [6, 6.07) is 92.8. The Morgan fingerprint density at radius 2 is 0.807 bits per heavy atom. The average molecular weight is 1080 g/mol. The Morgan fingerprint density at radius 3 is 1.60 bits per heavy atom. The van der Waals surface area contributed by atoms with E-state index in [1.807, 2.05) is 41.7 Å². The Kier molecular flexibility index (Phi) is 9.83. The predicted octanol–water partition coefficient (Wildman–Crippen LogP) is 20.6. The Bertz CT molecular complexity index is 5710. The van der Waals surface area contributed by atoms with E-state index in [0.717, 1.165) is 105 Å². The van der Waals surface area contributed by atoms with Gasteiger partial charge < -0.3 is 13.4 Å². The number of aromatic nitrogens is 5. The smallest absolute Gasteiger partial charge is 0.238 e. The van der Waals surface area contributed by atoms with Crippen LogP contribution in [0.2, 0.25) is 0 Å². The number of hydrogen-bond acceptors (Lipinski definition) is 6. The number of furan rings is 2. The molecule has 0 aliphatic rings. The zero-order valence-electron chi connectivity index (χ0n) is 44.3. The van der Waals surface area contributed by atoms with Crippen LogP contribution in [0.3, 0.4) is 0 Å². The molecular weight excluding hydrogens is 1030 g/mol. The molecule has 0 aliphatic carbocycles. The number of benzene rings is 12. The van der Waals surface area contributed by atoms with Crippen LogP contribution in [0.4, 0.5) is 0 Å². The molecule has 6 aromatic heterocycles. The van der Waals surface area contributed by atoms with Gasteiger partial charge in [0.25, 0.3) is 0 Å². The number of thiophene rings is 1. The second kappa shape index (κ2) is 17.8. The van der Waals surface area contributed by atoms with Gasteiger partial charge in [0.2, 0.25) is 5.95 Å². The van der Waals surface area contributed by atoms with Crippen molar-refractivity contribution >= 4 is 119 Å². The lowest BCUT2D eigenvalue weighted by atomic mass is 9.98. The molecule has 6 heterocycles. The maximum Gasteiger partial charge on any atom is 0.238 e. The molecule has 0 bridgehead atoms. The van der Waals surface area contributed by atoms with Crippen molar-refractivity contribution in [3.8, 4) is 67.8 Å². The molecule has 83 heavy (non-hydrogen) atoms. The SMILES string of the molecule is c1ccc(-c2ccc3c(c2)c2ccccc2n3-c2nc(-c3ccc4c(c3)oc3ccccc34)nc(-c3cccc4oc5ccc(-c6ccc7sc8cc(-c9ccc%10c(c9)c9ccccc9n%10-c9ccccc9)ccc8c7c6)cc5c34)n2)cc1. The average Bonchev–Trinajstić information content (AvgIpc) is 3.45. The van der Waals surface area contributed by atoms with Gasteiger partial charge in [-0.2, -0.15) is 9.97 Å². The predicted molar refractivity (Wildman–Crippen MR) is 343 cm³/mol. The molecule has 0 unspecified atom stereocenters. The number of rotatable bonds is 7. The Morgan fingerprint density at radius 1 is 0.277 bits per heavy atom. The molecule has 7 nitrogen and oxygen atoms in total. The third kappa shape index (κ3) is 7.13. The van der Waals surface area contributed by atoms with Crippen molar-refractivity contribution in [2.24, 2.45) is 0 Å². The van der Waals surface area contributed by atoms with E-state index in [2.05, 4.69) is 240 Å². The van der Waals surface area contributed by atoms with Crippen LogP contribution in [0.5, 0.6) is 0 Å². The van der Waals surface area contributed by atoms with E-state index < -0.39 is 0 Å². The highest BCUT2D eigenvalue weighted by Gasteiger charge is 2.23. The van der Waals surface area contributed by atoms with Gasteiger partial charge in [-0.05, 0) is 137 Å². The van der Waals surface area contributed by atoms with Crippen molar-refractivity contribution < 1.29 is 8.83 Å². The summed E-state index contributed by atoms with van der Waals surface area (Å²) in [5.74, 6) is 1.57. The molecule has 0 radical (unpaired) electrons. The summed E-state index contributed by atoms with van der Waals surface area (Å²) >= 11 is 1.84. The normalized spacial score (nSPS) is 12.1. The van der Waals surface area contributed by atoms with Crippen LogP contribution in [-0.2, 0) is 0 Å². The van der Waals surface area contributed by atoms with Crippen LogP contribution < -0.4 is 0 Å². The van der Waals surface area contributed by atoms with Crippen molar-refractivity contribution in [2.75, 3.05) is 0 Å². The second-order valence-electron chi connectivity index (χ2n) is 21.5. The lowest BCUT2D eigenvalue weighted by Gasteiger charge is -2.12. The minimum atomic E-state index is 0.510. The fraction of sp³-hybridized carbons (Fsp3) is 0. The van der Waals surface area contributed by atoms with E-state index in [0.29, 0.717) is 17.6 Å². The zero-order chi connectivity index (χ0) is 54.3. The van der Waals surface area contributed by atoms with Gasteiger partial charge in [0.05, 0.1) is 22.1 Å². The van der Waals surface area contributed by atoms with Crippen molar-refractivity contribution in [3.63, 3.8) is 0 Å². The maximum absolute atomic E-state index is 6.70. The fourth-order valence-corrected chi connectivity index (χ4v) is 14.0. The molecule has 0 saturated heterocycles. The molecule has 18 rings (SSSR count). The summed E-state index contributed by atoms with van der Waals surface area (Å²) < 4.78 is 20.2. The van der Waals surface area contributed by atoms with E-state index in [4.69, 9.17) is 23.8 Å². The Balaban J connectivity index is 0.768. The lowest BCUT2D eigenvalue weighted by molar-refractivity contribution is 0.668. The molecule has 12 aromatic carbocycles. The molecule has 0 aliphatic heterocycles. The van der Waals surface area contributed by atoms with E-state index in [-0.39, 0.29) is 0 Å². The highest BCUT2D eigenvalue weighted by atomic mass is 32.1. The van der Waals surface area contributed by atoms with Crippen molar-refractivity contribution in [3.05, 3.63) is 261 Å². The molecule has 0 atom stereocenters. The van der Waals surface area contributed by atoms with Gasteiger partial charge in [0, 0.05) is 80.1 Å². The topological polar surface area (TPSA) is 74.8 Å². The third-order valence-corrected chi connectivity index (χ3v) is 17.9. The molecule has 8 heteroatoms. The number of hydrogen-bond donors (Lipinski definition) is 0. The van der Waals surface area contributed by atoms with Crippen LogP contribution in [0, 0.1) is 0 Å². The standard InChI is InChI=1S/C75H43N5O2S/c1-3-14-44(15-4-1)45-28-35-65-59(38-45)53-19-8-11-23-63(53)80(65)75-77-73(50-27-32-55-54-20-9-12-24-66(54)82-69(55)42-50)76-74(78-75)57-21-13-25-68-72(57)61-41-47(30-36-67(61)81-68)48-31-37-70-60(40-48)56-33-26-49(43-71(56)83-70)46-29-34-64-58(39-46)52-18-7-10-22-62(52)79(64)51-16-5-2-6-17-51/h1-43H. The van der Waals surface area contributed by atoms with Gasteiger partial charge in [-0.15, -0.1) is 11.3 Å². The number of para-hydroxylation sites is 4.